The molecule has 2 aromatic carbocycles. The van der Waals surface area contributed by atoms with E-state index < -0.39 is 0 Å². The second-order valence-corrected chi connectivity index (χ2v) is 4.82. The third-order valence-corrected chi connectivity index (χ3v) is 3.53. The summed E-state index contributed by atoms with van der Waals surface area (Å²) in [5.41, 5.74) is 1.80. The first kappa shape index (κ1) is 12.2. The molecule has 98 valence electrons. The molecule has 0 aromatic heterocycles. The topological polar surface area (TPSA) is 21.3 Å². The first-order valence-corrected chi connectivity index (χ1v) is 6.48. The molecule has 3 heteroatoms. The standard InChI is InChI=1S/C16H16FNO/c1-18-10-12-9-11-5-2-3-7-14(11)19-15-8-4-6-13(17)16(12)15/h2-8,12,18H,9-10H2,1H3/t12-/m1/s1. The zero-order valence-electron chi connectivity index (χ0n) is 10.8. The second-order valence-electron chi connectivity index (χ2n) is 4.82. The van der Waals surface area contributed by atoms with Crippen LogP contribution in [0.1, 0.15) is 17.0 Å². The summed E-state index contributed by atoms with van der Waals surface area (Å²) in [5, 5.41) is 3.14. The third-order valence-electron chi connectivity index (χ3n) is 3.53. The highest BCUT2D eigenvalue weighted by Gasteiger charge is 2.25. The van der Waals surface area contributed by atoms with Crippen molar-refractivity contribution >= 4 is 0 Å². The van der Waals surface area contributed by atoms with Crippen LogP contribution in [0.5, 0.6) is 11.5 Å². The molecular formula is C16H16FNO. The molecule has 3 rings (SSSR count). The Labute approximate surface area is 112 Å². The van der Waals surface area contributed by atoms with Gasteiger partial charge in [0.1, 0.15) is 17.3 Å². The number of fused-ring (bicyclic) bond motifs is 2. The summed E-state index contributed by atoms with van der Waals surface area (Å²) in [6.07, 6.45) is 0.783. The lowest BCUT2D eigenvalue weighted by Crippen LogP contribution is -2.19. The van der Waals surface area contributed by atoms with Crippen LogP contribution in [0.3, 0.4) is 0 Å². The van der Waals surface area contributed by atoms with Crippen molar-refractivity contribution in [3.63, 3.8) is 0 Å². The van der Waals surface area contributed by atoms with E-state index >= 15 is 0 Å². The maximum Gasteiger partial charge on any atom is 0.133 e. The SMILES string of the molecule is CNC[C@H]1Cc2ccccc2Oc2cccc(F)c21. The van der Waals surface area contributed by atoms with E-state index in [1.165, 1.54) is 6.07 Å². The largest absolute Gasteiger partial charge is 0.457 e. The van der Waals surface area contributed by atoms with Gasteiger partial charge in [0, 0.05) is 18.0 Å². The highest BCUT2D eigenvalue weighted by molar-refractivity contribution is 5.47. The fraction of sp³-hybridized carbons (Fsp3) is 0.250. The van der Waals surface area contributed by atoms with E-state index in [0.29, 0.717) is 11.3 Å². The number of ether oxygens (including phenoxy) is 1. The Hall–Kier alpha value is -1.87. The predicted molar refractivity (Wildman–Crippen MR) is 73.3 cm³/mol. The van der Waals surface area contributed by atoms with Gasteiger partial charge in [0.25, 0.3) is 0 Å². The van der Waals surface area contributed by atoms with Crippen molar-refractivity contribution < 1.29 is 9.13 Å². The molecule has 0 spiro atoms. The van der Waals surface area contributed by atoms with Crippen molar-refractivity contribution in [2.75, 3.05) is 13.6 Å². The summed E-state index contributed by atoms with van der Waals surface area (Å²) in [5.74, 6) is 1.36. The molecule has 0 radical (unpaired) electrons. The van der Waals surface area contributed by atoms with E-state index in [-0.39, 0.29) is 11.7 Å². The van der Waals surface area contributed by atoms with Crippen LogP contribution in [0.4, 0.5) is 4.39 Å². The normalized spacial score (nSPS) is 17.1. The van der Waals surface area contributed by atoms with Crippen LogP contribution in [-0.2, 0) is 6.42 Å². The summed E-state index contributed by atoms with van der Waals surface area (Å²) >= 11 is 0. The van der Waals surface area contributed by atoms with Gasteiger partial charge in [0.15, 0.2) is 0 Å². The molecule has 2 nitrogen and oxygen atoms in total. The molecule has 0 saturated carbocycles. The van der Waals surface area contributed by atoms with Gasteiger partial charge in [-0.15, -0.1) is 0 Å². The summed E-state index contributed by atoms with van der Waals surface area (Å²) in [6, 6.07) is 12.9. The van der Waals surface area contributed by atoms with Crippen molar-refractivity contribution in [3.8, 4) is 11.5 Å². The van der Waals surface area contributed by atoms with Crippen molar-refractivity contribution in [3.05, 3.63) is 59.4 Å². The Morgan fingerprint density at radius 1 is 1.16 bits per heavy atom. The third kappa shape index (κ3) is 2.22. The van der Waals surface area contributed by atoms with E-state index in [2.05, 4.69) is 5.32 Å². The average Bonchev–Trinajstić information content (AvgIpc) is 2.56. The Kier molecular flexibility index (Phi) is 3.22. The van der Waals surface area contributed by atoms with Gasteiger partial charge in [0.05, 0.1) is 0 Å². The smallest absolute Gasteiger partial charge is 0.133 e. The van der Waals surface area contributed by atoms with E-state index in [0.717, 1.165) is 24.3 Å². The molecule has 1 atom stereocenters. The number of nitrogens with one attached hydrogen (secondary N) is 1. The number of benzene rings is 2. The van der Waals surface area contributed by atoms with Gasteiger partial charge >= 0.3 is 0 Å². The monoisotopic (exact) mass is 257 g/mol. The van der Waals surface area contributed by atoms with Crippen LogP contribution in [0.2, 0.25) is 0 Å². The lowest BCUT2D eigenvalue weighted by Gasteiger charge is -2.16. The van der Waals surface area contributed by atoms with E-state index in [4.69, 9.17) is 4.74 Å². The van der Waals surface area contributed by atoms with Gasteiger partial charge in [0.2, 0.25) is 0 Å². The molecule has 0 saturated heterocycles. The minimum atomic E-state index is -0.189. The van der Waals surface area contributed by atoms with Crippen LogP contribution >= 0.6 is 0 Å². The summed E-state index contributed by atoms with van der Waals surface area (Å²) in [6.45, 7) is 0.728. The number of rotatable bonds is 2. The molecule has 19 heavy (non-hydrogen) atoms. The van der Waals surface area contributed by atoms with E-state index in [1.807, 2.05) is 37.4 Å². The molecular weight excluding hydrogens is 241 g/mol. The lowest BCUT2D eigenvalue weighted by molar-refractivity contribution is 0.468. The van der Waals surface area contributed by atoms with Crippen LogP contribution in [-0.4, -0.2) is 13.6 Å². The van der Waals surface area contributed by atoms with Gasteiger partial charge in [-0.25, -0.2) is 4.39 Å². The van der Waals surface area contributed by atoms with Crippen molar-refractivity contribution in [1.29, 1.82) is 0 Å². The molecule has 0 unspecified atom stereocenters. The molecule has 2 aromatic rings. The maximum absolute atomic E-state index is 14.1. The Balaban J connectivity index is 2.13. The van der Waals surface area contributed by atoms with Crippen LogP contribution in [0.25, 0.3) is 0 Å². The average molecular weight is 257 g/mol. The molecule has 0 fully saturated rings. The van der Waals surface area contributed by atoms with E-state index in [9.17, 15) is 4.39 Å². The van der Waals surface area contributed by atoms with Crippen molar-refractivity contribution in [2.45, 2.75) is 12.3 Å². The highest BCUT2D eigenvalue weighted by atomic mass is 19.1. The number of hydrogen-bond acceptors (Lipinski definition) is 2. The summed E-state index contributed by atoms with van der Waals surface area (Å²) in [7, 11) is 1.89. The Morgan fingerprint density at radius 3 is 2.79 bits per heavy atom. The molecule has 0 bridgehead atoms. The van der Waals surface area contributed by atoms with Gasteiger partial charge in [-0.1, -0.05) is 24.3 Å². The molecule has 1 aliphatic heterocycles. The van der Waals surface area contributed by atoms with Crippen LogP contribution < -0.4 is 10.1 Å². The number of para-hydroxylation sites is 1. The van der Waals surface area contributed by atoms with Gasteiger partial charge < -0.3 is 10.1 Å². The quantitative estimate of drug-likeness (QED) is 0.889. The first-order valence-electron chi connectivity index (χ1n) is 6.48. The number of halogens is 1. The molecule has 1 N–H and O–H groups in total. The maximum atomic E-state index is 14.1. The zero-order valence-corrected chi connectivity index (χ0v) is 10.8. The molecule has 0 aliphatic carbocycles. The number of hydrogen-bond donors (Lipinski definition) is 1. The Bertz CT molecular complexity index is 597. The zero-order chi connectivity index (χ0) is 13.2. The molecule has 1 heterocycles. The Morgan fingerprint density at radius 2 is 1.95 bits per heavy atom. The minimum absolute atomic E-state index is 0.0878. The van der Waals surface area contributed by atoms with Gasteiger partial charge in [-0.05, 0) is 37.2 Å². The molecule has 0 amide bonds. The number of likely N-dealkylation sites (N-methyl/N-ethyl adjacent to an activating group) is 1. The van der Waals surface area contributed by atoms with Crippen molar-refractivity contribution in [2.24, 2.45) is 0 Å². The second kappa shape index (κ2) is 5.02. The van der Waals surface area contributed by atoms with Crippen LogP contribution in [0, 0.1) is 5.82 Å². The predicted octanol–water partition coefficient (Wildman–Crippen LogP) is 3.48. The molecule has 1 aliphatic rings. The minimum Gasteiger partial charge on any atom is -0.457 e. The lowest BCUT2D eigenvalue weighted by atomic mass is 9.91. The van der Waals surface area contributed by atoms with Gasteiger partial charge in [-0.3, -0.25) is 0 Å². The van der Waals surface area contributed by atoms with Crippen molar-refractivity contribution in [1.82, 2.24) is 5.32 Å². The summed E-state index contributed by atoms with van der Waals surface area (Å²) in [4.78, 5) is 0. The fourth-order valence-electron chi connectivity index (χ4n) is 2.68. The van der Waals surface area contributed by atoms with E-state index in [1.54, 1.807) is 6.07 Å². The van der Waals surface area contributed by atoms with Crippen LogP contribution in [0.15, 0.2) is 42.5 Å². The summed E-state index contributed by atoms with van der Waals surface area (Å²) < 4.78 is 20.0. The first-order chi connectivity index (χ1) is 9.29. The fourth-order valence-corrected chi connectivity index (χ4v) is 2.68. The highest BCUT2D eigenvalue weighted by Crippen LogP contribution is 2.40. The van der Waals surface area contributed by atoms with Gasteiger partial charge in [-0.2, -0.15) is 0 Å².